The summed E-state index contributed by atoms with van der Waals surface area (Å²) in [6.45, 7) is 3.47. The van der Waals surface area contributed by atoms with Gasteiger partial charge in [0.1, 0.15) is 5.82 Å². The molecule has 10 heteroatoms. The molecule has 0 aliphatic carbocycles. The predicted molar refractivity (Wildman–Crippen MR) is 108 cm³/mol. The Hall–Kier alpha value is -2.00. The van der Waals surface area contributed by atoms with Crippen LogP contribution >= 0.6 is 11.6 Å². The molecule has 1 saturated heterocycles. The minimum atomic E-state index is -4.46. The molecule has 6 nitrogen and oxygen atoms in total. The van der Waals surface area contributed by atoms with Crippen LogP contribution in [-0.4, -0.2) is 56.9 Å². The topological polar surface area (TPSA) is 61.8 Å². The number of hydrogen-bond donors (Lipinski definition) is 2. The zero-order chi connectivity index (χ0) is 20.9. The number of guanidine groups is 1. The quantitative estimate of drug-likeness (QED) is 0.426. The summed E-state index contributed by atoms with van der Waals surface area (Å²) in [5.41, 5.74) is 0.540. The van der Waals surface area contributed by atoms with E-state index in [4.69, 9.17) is 16.3 Å². The molecule has 3 heterocycles. The van der Waals surface area contributed by atoms with Gasteiger partial charge in [-0.05, 0) is 25.3 Å². The lowest BCUT2D eigenvalue weighted by molar-refractivity contribution is -0.137. The fraction of sp³-hybridized carbons (Fsp3) is 0.579. The van der Waals surface area contributed by atoms with Crippen molar-refractivity contribution in [3.05, 3.63) is 34.5 Å². The van der Waals surface area contributed by atoms with Crippen molar-refractivity contribution in [2.24, 2.45) is 4.99 Å². The first-order chi connectivity index (χ1) is 13.9. The number of hydrogen-bond acceptors (Lipinski definition) is 4. The Labute approximate surface area is 173 Å². The van der Waals surface area contributed by atoms with Gasteiger partial charge in [0, 0.05) is 38.9 Å². The number of nitrogens with one attached hydrogen (secondary N) is 2. The SMILES string of the molecule is CN=C(NCCC1=CCOCC1)NC1CCN(c2ncc(C(F)(F)F)cc2Cl)C1. The van der Waals surface area contributed by atoms with Crippen molar-refractivity contribution in [1.82, 2.24) is 15.6 Å². The van der Waals surface area contributed by atoms with E-state index in [9.17, 15) is 13.2 Å². The number of pyridine rings is 1. The first kappa shape index (κ1) is 21.7. The number of aromatic nitrogens is 1. The number of aliphatic imine (C=N–C) groups is 1. The molecule has 160 valence electrons. The lowest BCUT2D eigenvalue weighted by Gasteiger charge is -2.21. The van der Waals surface area contributed by atoms with E-state index >= 15 is 0 Å². The second kappa shape index (κ2) is 9.67. The second-order valence-electron chi connectivity index (χ2n) is 7.04. The highest BCUT2D eigenvalue weighted by Gasteiger charge is 2.33. The first-order valence-corrected chi connectivity index (χ1v) is 9.95. The smallest absolute Gasteiger partial charge is 0.377 e. The Morgan fingerprint density at radius 3 is 2.93 bits per heavy atom. The summed E-state index contributed by atoms with van der Waals surface area (Å²) in [4.78, 5) is 10.1. The molecule has 0 bridgehead atoms. The standard InChI is InChI=1S/C19H25ClF3N5O/c1-24-18(25-6-2-13-4-8-29-9-5-13)27-15-3-7-28(12-15)17-16(20)10-14(11-26-17)19(21,22)23/h4,10-11,15H,2-3,5-9,12H2,1H3,(H2,24,25,27). The maximum Gasteiger partial charge on any atom is 0.417 e. The van der Waals surface area contributed by atoms with Gasteiger partial charge in [-0.3, -0.25) is 4.99 Å². The number of nitrogens with zero attached hydrogens (tertiary/aromatic N) is 3. The number of ether oxygens (including phenoxy) is 1. The molecule has 1 aromatic heterocycles. The number of anilines is 1. The molecule has 29 heavy (non-hydrogen) atoms. The minimum absolute atomic E-state index is 0.00715. The van der Waals surface area contributed by atoms with Gasteiger partial charge in [0.2, 0.25) is 0 Å². The molecule has 0 aromatic carbocycles. The highest BCUT2D eigenvalue weighted by Crippen LogP contribution is 2.34. The molecule has 0 spiro atoms. The van der Waals surface area contributed by atoms with Gasteiger partial charge in [-0.15, -0.1) is 0 Å². The number of alkyl halides is 3. The van der Waals surface area contributed by atoms with Crippen LogP contribution in [0.4, 0.5) is 19.0 Å². The molecular formula is C19H25ClF3N5O. The van der Waals surface area contributed by atoms with Gasteiger partial charge in [-0.25, -0.2) is 4.98 Å². The highest BCUT2D eigenvalue weighted by atomic mass is 35.5. The third-order valence-electron chi connectivity index (χ3n) is 5.00. The minimum Gasteiger partial charge on any atom is -0.377 e. The van der Waals surface area contributed by atoms with E-state index in [1.54, 1.807) is 7.05 Å². The van der Waals surface area contributed by atoms with Gasteiger partial charge in [-0.1, -0.05) is 23.3 Å². The van der Waals surface area contributed by atoms with Gasteiger partial charge in [0.05, 0.1) is 23.8 Å². The first-order valence-electron chi connectivity index (χ1n) is 9.57. The maximum atomic E-state index is 12.8. The van der Waals surface area contributed by atoms with E-state index in [0.717, 1.165) is 44.7 Å². The molecule has 0 amide bonds. The Bertz CT molecular complexity index is 769. The van der Waals surface area contributed by atoms with E-state index in [0.29, 0.717) is 31.5 Å². The molecular weight excluding hydrogens is 407 g/mol. The fourth-order valence-electron chi connectivity index (χ4n) is 3.41. The second-order valence-corrected chi connectivity index (χ2v) is 7.45. The molecule has 2 N–H and O–H groups in total. The highest BCUT2D eigenvalue weighted by molar-refractivity contribution is 6.33. The van der Waals surface area contributed by atoms with E-state index < -0.39 is 11.7 Å². The van der Waals surface area contributed by atoms with Crippen LogP contribution < -0.4 is 15.5 Å². The summed E-state index contributed by atoms with van der Waals surface area (Å²) in [6, 6.07) is 1.03. The van der Waals surface area contributed by atoms with Crippen LogP contribution in [0.5, 0.6) is 0 Å². The molecule has 0 saturated carbocycles. The largest absolute Gasteiger partial charge is 0.417 e. The normalized spacial score (nSPS) is 20.6. The summed E-state index contributed by atoms with van der Waals surface area (Å²) < 4.78 is 43.7. The van der Waals surface area contributed by atoms with Gasteiger partial charge in [0.15, 0.2) is 5.96 Å². The van der Waals surface area contributed by atoms with E-state index in [-0.39, 0.29) is 11.1 Å². The molecule has 0 radical (unpaired) electrons. The zero-order valence-electron chi connectivity index (χ0n) is 16.2. The van der Waals surface area contributed by atoms with Crippen LogP contribution in [0.2, 0.25) is 5.02 Å². The Balaban J connectivity index is 1.50. The van der Waals surface area contributed by atoms with Crippen molar-refractivity contribution in [1.29, 1.82) is 0 Å². The van der Waals surface area contributed by atoms with Crippen molar-refractivity contribution in [3.63, 3.8) is 0 Å². The van der Waals surface area contributed by atoms with Crippen LogP contribution in [0, 0.1) is 0 Å². The summed E-state index contributed by atoms with van der Waals surface area (Å²) in [5.74, 6) is 1.08. The molecule has 1 fully saturated rings. The lowest BCUT2D eigenvalue weighted by Crippen LogP contribution is -2.45. The Kier molecular flexibility index (Phi) is 7.23. The van der Waals surface area contributed by atoms with E-state index in [1.165, 1.54) is 5.57 Å². The summed E-state index contributed by atoms with van der Waals surface area (Å²) in [7, 11) is 1.71. The molecule has 2 aliphatic heterocycles. The summed E-state index contributed by atoms with van der Waals surface area (Å²) in [5, 5.41) is 6.67. The summed E-state index contributed by atoms with van der Waals surface area (Å²) in [6.07, 6.45) is 1.20. The monoisotopic (exact) mass is 431 g/mol. The van der Waals surface area contributed by atoms with E-state index in [1.807, 2.05) is 4.90 Å². The van der Waals surface area contributed by atoms with E-state index in [2.05, 4.69) is 26.7 Å². The molecule has 1 unspecified atom stereocenters. The van der Waals surface area contributed by atoms with Crippen molar-refractivity contribution in [3.8, 4) is 0 Å². The molecule has 3 rings (SSSR count). The zero-order valence-corrected chi connectivity index (χ0v) is 17.0. The number of rotatable bonds is 5. The Morgan fingerprint density at radius 1 is 1.45 bits per heavy atom. The van der Waals surface area contributed by atoms with Crippen molar-refractivity contribution >= 4 is 23.4 Å². The molecule has 2 aliphatic rings. The van der Waals surface area contributed by atoms with Crippen molar-refractivity contribution in [2.75, 3.05) is 44.8 Å². The molecule has 1 atom stereocenters. The van der Waals surface area contributed by atoms with Crippen LogP contribution in [0.15, 0.2) is 28.9 Å². The fourth-order valence-corrected chi connectivity index (χ4v) is 3.70. The van der Waals surface area contributed by atoms with Crippen LogP contribution in [0.1, 0.15) is 24.8 Å². The van der Waals surface area contributed by atoms with Crippen molar-refractivity contribution < 1.29 is 17.9 Å². The van der Waals surface area contributed by atoms with Crippen LogP contribution in [-0.2, 0) is 10.9 Å². The number of halogens is 4. The third kappa shape index (κ3) is 5.99. The Morgan fingerprint density at radius 2 is 2.28 bits per heavy atom. The third-order valence-corrected chi connectivity index (χ3v) is 5.28. The van der Waals surface area contributed by atoms with Gasteiger partial charge < -0.3 is 20.3 Å². The average Bonchev–Trinajstić information content (AvgIpc) is 3.15. The maximum absolute atomic E-state index is 12.8. The van der Waals surface area contributed by atoms with Gasteiger partial charge in [-0.2, -0.15) is 13.2 Å². The van der Waals surface area contributed by atoms with Gasteiger partial charge in [0.25, 0.3) is 0 Å². The van der Waals surface area contributed by atoms with Crippen molar-refractivity contribution in [2.45, 2.75) is 31.5 Å². The van der Waals surface area contributed by atoms with Crippen LogP contribution in [0.25, 0.3) is 0 Å². The average molecular weight is 432 g/mol. The predicted octanol–water partition coefficient (Wildman–Crippen LogP) is 3.23. The van der Waals surface area contributed by atoms with Gasteiger partial charge >= 0.3 is 6.18 Å². The summed E-state index contributed by atoms with van der Waals surface area (Å²) >= 11 is 6.06. The molecule has 1 aromatic rings. The van der Waals surface area contributed by atoms with Crippen LogP contribution in [0.3, 0.4) is 0 Å². The lowest BCUT2D eigenvalue weighted by atomic mass is 10.1.